The molecule has 3 aromatic rings. The van der Waals surface area contributed by atoms with Crippen LogP contribution in [0, 0.1) is 0 Å². The normalized spacial score (nSPS) is 12.1. The van der Waals surface area contributed by atoms with Crippen molar-refractivity contribution in [3.05, 3.63) is 70.5 Å². The van der Waals surface area contributed by atoms with Gasteiger partial charge in [-0.05, 0) is 55.6 Å². The molecule has 3 rings (SSSR count). The number of hydrogen-bond acceptors (Lipinski definition) is 5. The molecule has 0 radical (unpaired) electrons. The van der Waals surface area contributed by atoms with Crippen molar-refractivity contribution in [3.63, 3.8) is 0 Å². The highest BCUT2D eigenvalue weighted by Gasteiger charge is 2.13. The fraction of sp³-hybridized carbons (Fsp3) is 0.273. The largest absolute Gasteiger partial charge is 0.457 e. The highest BCUT2D eigenvalue weighted by atomic mass is 16.5. The van der Waals surface area contributed by atoms with Gasteiger partial charge in [-0.1, -0.05) is 18.2 Å². The number of carbonyl (C=O) groups is 1. The van der Waals surface area contributed by atoms with E-state index in [9.17, 15) is 9.59 Å². The summed E-state index contributed by atoms with van der Waals surface area (Å²) in [5.41, 5.74) is 12.2. The van der Waals surface area contributed by atoms with Gasteiger partial charge in [0.15, 0.2) is 0 Å². The predicted molar refractivity (Wildman–Crippen MR) is 114 cm³/mol. The molecule has 0 bridgehead atoms. The average Bonchev–Trinajstić information content (AvgIpc) is 2.72. The minimum atomic E-state index is -0.524. The van der Waals surface area contributed by atoms with Crippen molar-refractivity contribution in [1.82, 2.24) is 9.88 Å². The van der Waals surface area contributed by atoms with Gasteiger partial charge in [-0.3, -0.25) is 9.59 Å². The smallest absolute Gasteiger partial charge is 0.255 e. The zero-order valence-corrected chi connectivity index (χ0v) is 16.4. The molecule has 0 saturated carbocycles. The third-order valence-corrected chi connectivity index (χ3v) is 4.73. The van der Waals surface area contributed by atoms with Gasteiger partial charge in [0.1, 0.15) is 11.5 Å². The number of amides is 1. The number of aryl methyl sites for hydroxylation is 1. The third-order valence-electron chi connectivity index (χ3n) is 4.73. The first-order chi connectivity index (χ1) is 14.0. The van der Waals surface area contributed by atoms with Gasteiger partial charge in [0, 0.05) is 24.7 Å². The van der Waals surface area contributed by atoms with Crippen LogP contribution in [0.25, 0.3) is 10.9 Å². The Morgan fingerprint density at radius 3 is 2.59 bits per heavy atom. The van der Waals surface area contributed by atoms with E-state index < -0.39 is 11.9 Å². The average molecular weight is 394 g/mol. The number of nitrogens with one attached hydrogen (secondary N) is 1. The van der Waals surface area contributed by atoms with E-state index in [1.807, 2.05) is 54.6 Å². The molecule has 7 heteroatoms. The highest BCUT2D eigenvalue weighted by molar-refractivity contribution is 5.81. The number of nitrogens with zero attached hydrogens (tertiary/aromatic N) is 1. The van der Waals surface area contributed by atoms with E-state index in [0.29, 0.717) is 30.8 Å². The lowest BCUT2D eigenvalue weighted by Crippen LogP contribution is -2.39. The SMILES string of the molecule is CC(NCc1cc2ccc(Oc3ccccc3)cc2n(CCCN)c1=O)C(N)=O. The Morgan fingerprint density at radius 1 is 1.14 bits per heavy atom. The number of aromatic nitrogens is 1. The van der Waals surface area contributed by atoms with Crippen LogP contribution in [0.2, 0.25) is 0 Å². The monoisotopic (exact) mass is 394 g/mol. The second kappa shape index (κ2) is 9.36. The number of carbonyl (C=O) groups excluding carboxylic acids is 1. The van der Waals surface area contributed by atoms with Gasteiger partial charge >= 0.3 is 0 Å². The molecule has 7 nitrogen and oxygen atoms in total. The van der Waals surface area contributed by atoms with Gasteiger partial charge in [0.25, 0.3) is 5.56 Å². The minimum Gasteiger partial charge on any atom is -0.457 e. The van der Waals surface area contributed by atoms with Crippen molar-refractivity contribution in [1.29, 1.82) is 0 Å². The van der Waals surface area contributed by atoms with Crippen LogP contribution in [-0.2, 0) is 17.9 Å². The molecule has 0 fully saturated rings. The topological polar surface area (TPSA) is 112 Å². The maximum Gasteiger partial charge on any atom is 0.255 e. The summed E-state index contributed by atoms with van der Waals surface area (Å²) in [5, 5.41) is 3.90. The molecule has 1 heterocycles. The lowest BCUT2D eigenvalue weighted by molar-refractivity contribution is -0.119. The number of pyridine rings is 1. The van der Waals surface area contributed by atoms with Gasteiger partial charge in [-0.2, -0.15) is 0 Å². The van der Waals surface area contributed by atoms with E-state index >= 15 is 0 Å². The molecule has 5 N–H and O–H groups in total. The molecule has 0 spiro atoms. The van der Waals surface area contributed by atoms with Crippen LogP contribution < -0.4 is 27.1 Å². The van der Waals surface area contributed by atoms with Crippen LogP contribution in [0.4, 0.5) is 0 Å². The lowest BCUT2D eigenvalue weighted by atomic mass is 10.1. The predicted octanol–water partition coefficient (Wildman–Crippen LogP) is 2.11. The summed E-state index contributed by atoms with van der Waals surface area (Å²) in [6.45, 7) is 2.91. The van der Waals surface area contributed by atoms with E-state index in [1.54, 1.807) is 11.5 Å². The summed E-state index contributed by atoms with van der Waals surface area (Å²) in [4.78, 5) is 24.3. The van der Waals surface area contributed by atoms with Crippen LogP contribution >= 0.6 is 0 Å². The fourth-order valence-corrected chi connectivity index (χ4v) is 3.06. The number of ether oxygens (including phenoxy) is 1. The van der Waals surface area contributed by atoms with E-state index in [2.05, 4.69) is 5.32 Å². The number of primary amides is 1. The lowest BCUT2D eigenvalue weighted by Gasteiger charge is -2.15. The second-order valence-electron chi connectivity index (χ2n) is 6.91. The van der Waals surface area contributed by atoms with Crippen molar-refractivity contribution in [2.75, 3.05) is 6.54 Å². The minimum absolute atomic E-state index is 0.119. The van der Waals surface area contributed by atoms with Crippen LogP contribution in [0.5, 0.6) is 11.5 Å². The number of nitrogens with two attached hydrogens (primary N) is 2. The number of rotatable bonds is 9. The molecule has 0 aliphatic rings. The molecule has 1 atom stereocenters. The Kier molecular flexibility index (Phi) is 6.64. The molecule has 1 aromatic heterocycles. The summed E-state index contributed by atoms with van der Waals surface area (Å²) < 4.78 is 7.63. The van der Waals surface area contributed by atoms with Gasteiger partial charge in [-0.15, -0.1) is 0 Å². The Hall–Kier alpha value is -3.16. The maximum atomic E-state index is 13.1. The van der Waals surface area contributed by atoms with Crippen molar-refractivity contribution in [3.8, 4) is 11.5 Å². The zero-order chi connectivity index (χ0) is 20.8. The molecular formula is C22H26N4O3. The molecule has 1 unspecified atom stereocenters. The summed E-state index contributed by atoms with van der Waals surface area (Å²) in [6, 6.07) is 16.5. The van der Waals surface area contributed by atoms with E-state index in [-0.39, 0.29) is 12.1 Å². The Balaban J connectivity index is 1.99. The standard InChI is InChI=1S/C22H26N4O3/c1-15(21(24)27)25-14-17-12-16-8-9-19(29-18-6-3-2-4-7-18)13-20(16)26(22(17)28)11-5-10-23/h2-4,6-9,12-13,15,25H,5,10-11,14,23H2,1H3,(H2,24,27). The van der Waals surface area contributed by atoms with E-state index in [0.717, 1.165) is 16.7 Å². The summed E-state index contributed by atoms with van der Waals surface area (Å²) in [5.74, 6) is 0.915. The van der Waals surface area contributed by atoms with Gasteiger partial charge in [0.05, 0.1) is 11.6 Å². The Bertz CT molecular complexity index is 1050. The first-order valence-corrected chi connectivity index (χ1v) is 9.61. The highest BCUT2D eigenvalue weighted by Crippen LogP contribution is 2.25. The van der Waals surface area contributed by atoms with Crippen LogP contribution in [-0.4, -0.2) is 23.1 Å². The van der Waals surface area contributed by atoms with Crippen molar-refractivity contribution < 1.29 is 9.53 Å². The third kappa shape index (κ3) is 5.01. The quantitative estimate of drug-likeness (QED) is 0.514. The van der Waals surface area contributed by atoms with Crippen LogP contribution in [0.1, 0.15) is 18.9 Å². The molecule has 0 aliphatic carbocycles. The van der Waals surface area contributed by atoms with Crippen molar-refractivity contribution in [2.24, 2.45) is 11.5 Å². The number of benzene rings is 2. The molecule has 0 saturated heterocycles. The maximum absolute atomic E-state index is 13.1. The van der Waals surface area contributed by atoms with Gasteiger partial charge in [0.2, 0.25) is 5.91 Å². The van der Waals surface area contributed by atoms with Gasteiger partial charge < -0.3 is 26.1 Å². The zero-order valence-electron chi connectivity index (χ0n) is 16.4. The van der Waals surface area contributed by atoms with Crippen LogP contribution in [0.15, 0.2) is 59.4 Å². The first-order valence-electron chi connectivity index (χ1n) is 9.61. The van der Waals surface area contributed by atoms with Gasteiger partial charge in [-0.25, -0.2) is 0 Å². The van der Waals surface area contributed by atoms with Crippen molar-refractivity contribution >= 4 is 16.8 Å². The molecule has 152 valence electrons. The summed E-state index contributed by atoms with van der Waals surface area (Å²) in [6.07, 6.45) is 0.674. The molecule has 0 aliphatic heterocycles. The van der Waals surface area contributed by atoms with E-state index in [1.165, 1.54) is 0 Å². The number of hydrogen-bond donors (Lipinski definition) is 3. The number of fused-ring (bicyclic) bond motifs is 1. The summed E-state index contributed by atoms with van der Waals surface area (Å²) in [7, 11) is 0. The van der Waals surface area contributed by atoms with Crippen LogP contribution in [0.3, 0.4) is 0 Å². The van der Waals surface area contributed by atoms with Crippen molar-refractivity contribution in [2.45, 2.75) is 32.5 Å². The summed E-state index contributed by atoms with van der Waals surface area (Å²) >= 11 is 0. The number of para-hydroxylation sites is 1. The molecular weight excluding hydrogens is 368 g/mol. The Morgan fingerprint density at radius 2 is 1.90 bits per heavy atom. The first kappa shape index (κ1) is 20.6. The van der Waals surface area contributed by atoms with E-state index in [4.69, 9.17) is 16.2 Å². The Labute approximate surface area is 169 Å². The molecule has 2 aromatic carbocycles. The molecule has 1 amide bonds. The molecule has 29 heavy (non-hydrogen) atoms. The second-order valence-corrected chi connectivity index (χ2v) is 6.91. The fourth-order valence-electron chi connectivity index (χ4n) is 3.06.